The standard InChI is InChI=1S/C39H46F3N9O2/c1-4-31(52)51-21-38(22-51)9-11-49(12-10-38)36-28-17-27(25-6-7-25)33(32-24(2)5-8-30-29(32)18-43-46-30)35(53-23-39(40,41)42)34(28)44-37(45-36)50-19-26(20-50)48-15-13-47(3)14-16-48/h4-5,8,17-18,25-26H,1,6-7,9-16,19-23H2,2-3H3,(H,43,46). The number of aromatic amines is 1. The van der Waals surface area contributed by atoms with E-state index in [4.69, 9.17) is 14.7 Å². The first-order valence-corrected chi connectivity index (χ1v) is 18.8. The van der Waals surface area contributed by atoms with Gasteiger partial charge in [0.2, 0.25) is 11.9 Å². The minimum absolute atomic E-state index is 0.0370. The number of likely N-dealkylation sites (N-methyl/N-ethyl adjacent to an activating group) is 1. The van der Waals surface area contributed by atoms with Crippen LogP contribution in [0.1, 0.15) is 42.7 Å². The summed E-state index contributed by atoms with van der Waals surface area (Å²) in [5, 5.41) is 8.90. The van der Waals surface area contributed by atoms with E-state index in [0.717, 1.165) is 117 Å². The molecule has 2 aromatic carbocycles. The van der Waals surface area contributed by atoms with Crippen molar-refractivity contribution in [3.63, 3.8) is 0 Å². The first kappa shape index (κ1) is 34.3. The number of amides is 1. The number of nitrogens with zero attached hydrogens (tertiary/aromatic N) is 8. The van der Waals surface area contributed by atoms with Crippen molar-refractivity contribution in [2.75, 3.05) is 88.9 Å². The molecule has 0 atom stereocenters. The number of hydrogen-bond donors (Lipinski definition) is 1. The largest absolute Gasteiger partial charge is 0.481 e. The number of rotatable bonds is 8. The van der Waals surface area contributed by atoms with E-state index in [-0.39, 0.29) is 23.0 Å². The molecule has 53 heavy (non-hydrogen) atoms. The number of carbonyl (C=O) groups excluding carboxylic acids is 1. The van der Waals surface area contributed by atoms with Gasteiger partial charge in [0, 0.05) is 93.2 Å². The zero-order chi connectivity index (χ0) is 36.6. The van der Waals surface area contributed by atoms with Gasteiger partial charge in [-0.05, 0) is 80.5 Å². The Morgan fingerprint density at radius 3 is 2.43 bits per heavy atom. The van der Waals surface area contributed by atoms with E-state index >= 15 is 0 Å². The number of likely N-dealkylation sites (tertiary alicyclic amines) is 1. The van der Waals surface area contributed by atoms with Crippen LogP contribution in [0.25, 0.3) is 32.9 Å². The van der Waals surface area contributed by atoms with E-state index in [1.807, 2.05) is 24.0 Å². The SMILES string of the molecule is C=CC(=O)N1CC2(CCN(c3nc(N4CC(N5CCN(C)CC5)C4)nc4c(OCC(F)(F)F)c(-c5c(C)ccc6[nH]ncc56)c(C5CC5)cc34)CC2)C1. The number of halogens is 3. The Morgan fingerprint density at radius 1 is 1.02 bits per heavy atom. The fourth-order valence-electron chi connectivity index (χ4n) is 8.93. The number of hydrogen-bond acceptors (Lipinski definition) is 9. The molecule has 0 unspecified atom stereocenters. The number of aryl methyl sites for hydroxylation is 1. The van der Waals surface area contributed by atoms with Gasteiger partial charge >= 0.3 is 6.18 Å². The number of piperidine rings is 1. The highest BCUT2D eigenvalue weighted by Gasteiger charge is 2.47. The molecule has 4 saturated heterocycles. The molecule has 6 heterocycles. The lowest BCUT2D eigenvalue weighted by Gasteiger charge is -2.54. The van der Waals surface area contributed by atoms with Crippen molar-refractivity contribution in [3.8, 4) is 16.9 Å². The highest BCUT2D eigenvalue weighted by atomic mass is 19.4. The zero-order valence-electron chi connectivity index (χ0n) is 30.4. The predicted molar refractivity (Wildman–Crippen MR) is 199 cm³/mol. The number of aromatic nitrogens is 4. The first-order chi connectivity index (χ1) is 25.5. The Balaban J connectivity index is 1.17. The van der Waals surface area contributed by atoms with E-state index in [0.29, 0.717) is 36.2 Å². The highest BCUT2D eigenvalue weighted by Crippen LogP contribution is 2.53. The van der Waals surface area contributed by atoms with E-state index in [1.54, 1.807) is 6.20 Å². The van der Waals surface area contributed by atoms with Gasteiger partial charge in [-0.15, -0.1) is 0 Å². The van der Waals surface area contributed by atoms with Crippen molar-refractivity contribution < 1.29 is 22.7 Å². The summed E-state index contributed by atoms with van der Waals surface area (Å²) in [6.45, 7) is 12.6. The van der Waals surface area contributed by atoms with E-state index in [2.05, 4.69) is 49.5 Å². The molecule has 4 aliphatic heterocycles. The number of carbonyl (C=O) groups is 1. The number of fused-ring (bicyclic) bond motifs is 2. The van der Waals surface area contributed by atoms with Crippen LogP contribution in [-0.4, -0.2) is 132 Å². The molecule has 1 saturated carbocycles. The Labute approximate surface area is 306 Å². The van der Waals surface area contributed by atoms with E-state index < -0.39 is 12.8 Å². The molecule has 9 rings (SSSR count). The fourth-order valence-corrected chi connectivity index (χ4v) is 8.93. The molecule has 1 amide bonds. The lowest BCUT2D eigenvalue weighted by atomic mass is 9.72. The van der Waals surface area contributed by atoms with Gasteiger partial charge in [0.05, 0.1) is 11.7 Å². The van der Waals surface area contributed by atoms with Gasteiger partial charge in [-0.25, -0.2) is 4.98 Å². The normalized spacial score (nSPS) is 21.3. The summed E-state index contributed by atoms with van der Waals surface area (Å²) >= 11 is 0. The van der Waals surface area contributed by atoms with Crippen LogP contribution in [0.2, 0.25) is 0 Å². The van der Waals surface area contributed by atoms with Crippen LogP contribution in [0, 0.1) is 12.3 Å². The molecule has 1 spiro atoms. The van der Waals surface area contributed by atoms with Crippen LogP contribution in [0.5, 0.6) is 5.75 Å². The molecule has 4 aromatic rings. The molecule has 0 bridgehead atoms. The topological polar surface area (TPSA) is 97.0 Å². The molecule has 5 fully saturated rings. The number of piperazine rings is 1. The van der Waals surface area contributed by atoms with Crippen molar-refractivity contribution in [1.29, 1.82) is 0 Å². The average Bonchev–Trinajstić information content (AvgIpc) is 3.85. The second-order valence-corrected chi connectivity index (χ2v) is 16.0. The Kier molecular flexibility index (Phi) is 8.33. The van der Waals surface area contributed by atoms with Gasteiger partial charge in [-0.1, -0.05) is 12.6 Å². The molecule has 1 aliphatic carbocycles. The highest BCUT2D eigenvalue weighted by molar-refractivity contribution is 6.06. The average molecular weight is 730 g/mol. The molecule has 14 heteroatoms. The number of alkyl halides is 3. The number of H-pyrrole nitrogens is 1. The number of anilines is 2. The summed E-state index contributed by atoms with van der Waals surface area (Å²) in [7, 11) is 2.15. The van der Waals surface area contributed by atoms with Crippen LogP contribution in [0.15, 0.2) is 37.1 Å². The molecular weight excluding hydrogens is 683 g/mol. The lowest BCUT2D eigenvalue weighted by Crippen LogP contribution is -2.63. The fraction of sp³-hybridized carbons (Fsp3) is 0.538. The van der Waals surface area contributed by atoms with Gasteiger partial charge in [-0.3, -0.25) is 14.8 Å². The van der Waals surface area contributed by atoms with Crippen molar-refractivity contribution in [2.45, 2.75) is 50.7 Å². The Bertz CT molecular complexity index is 2070. The van der Waals surface area contributed by atoms with Crippen molar-refractivity contribution in [2.24, 2.45) is 5.41 Å². The van der Waals surface area contributed by atoms with E-state index in [9.17, 15) is 18.0 Å². The molecule has 1 N–H and O–H groups in total. The van der Waals surface area contributed by atoms with Crippen LogP contribution in [-0.2, 0) is 4.79 Å². The van der Waals surface area contributed by atoms with Crippen LogP contribution in [0.3, 0.4) is 0 Å². The molecule has 0 radical (unpaired) electrons. The molecule has 11 nitrogen and oxygen atoms in total. The van der Waals surface area contributed by atoms with Crippen LogP contribution in [0.4, 0.5) is 24.9 Å². The third kappa shape index (κ3) is 6.26. The predicted octanol–water partition coefficient (Wildman–Crippen LogP) is 5.35. The molecule has 2 aromatic heterocycles. The van der Waals surface area contributed by atoms with Gasteiger partial charge in [0.1, 0.15) is 11.3 Å². The van der Waals surface area contributed by atoms with Crippen molar-refractivity contribution in [3.05, 3.63) is 48.2 Å². The molecule has 280 valence electrons. The maximum absolute atomic E-state index is 14.1. The summed E-state index contributed by atoms with van der Waals surface area (Å²) in [4.78, 5) is 33.8. The minimum atomic E-state index is -4.55. The summed E-state index contributed by atoms with van der Waals surface area (Å²) in [5.41, 5.74) is 4.65. The first-order valence-electron chi connectivity index (χ1n) is 18.8. The molecule has 5 aliphatic rings. The van der Waals surface area contributed by atoms with Gasteiger partial charge in [0.25, 0.3) is 0 Å². The summed E-state index contributed by atoms with van der Waals surface area (Å²) in [6, 6.07) is 6.44. The van der Waals surface area contributed by atoms with E-state index in [1.165, 1.54) is 6.08 Å². The van der Waals surface area contributed by atoms with Crippen molar-refractivity contribution in [1.82, 2.24) is 34.9 Å². The van der Waals surface area contributed by atoms with Gasteiger partial charge in [-0.2, -0.15) is 23.3 Å². The maximum Gasteiger partial charge on any atom is 0.422 e. The van der Waals surface area contributed by atoms with Crippen molar-refractivity contribution >= 4 is 39.5 Å². The number of benzene rings is 2. The molecular formula is C39H46F3N9O2. The van der Waals surface area contributed by atoms with Gasteiger partial charge < -0.3 is 24.3 Å². The summed E-state index contributed by atoms with van der Waals surface area (Å²) in [5.74, 6) is 1.56. The summed E-state index contributed by atoms with van der Waals surface area (Å²) < 4.78 is 48.3. The zero-order valence-corrected chi connectivity index (χ0v) is 30.4. The Morgan fingerprint density at radius 2 is 1.75 bits per heavy atom. The second kappa shape index (κ2) is 12.9. The number of nitrogens with one attached hydrogen (secondary N) is 1. The monoisotopic (exact) mass is 729 g/mol. The second-order valence-electron chi connectivity index (χ2n) is 16.0. The quantitative estimate of drug-likeness (QED) is 0.241. The smallest absolute Gasteiger partial charge is 0.422 e. The third-order valence-electron chi connectivity index (χ3n) is 12.3. The van der Waals surface area contributed by atoms with Gasteiger partial charge in [0.15, 0.2) is 12.4 Å². The Hall–Kier alpha value is -4.43. The minimum Gasteiger partial charge on any atom is -0.481 e. The summed E-state index contributed by atoms with van der Waals surface area (Å²) in [6.07, 6.45) is 2.23. The van der Waals surface area contributed by atoms with Crippen LogP contribution >= 0.6 is 0 Å². The maximum atomic E-state index is 14.1. The van der Waals surface area contributed by atoms with Crippen LogP contribution < -0.4 is 14.5 Å². The third-order valence-corrected chi connectivity index (χ3v) is 12.3. The lowest BCUT2D eigenvalue weighted by molar-refractivity contribution is -0.153. The number of ether oxygens (including phenoxy) is 1.